The van der Waals surface area contributed by atoms with E-state index < -0.39 is 11.6 Å². The van der Waals surface area contributed by atoms with Crippen LogP contribution in [-0.2, 0) is 16.0 Å². The number of carbonyl (C=O) groups is 1. The Bertz CT molecular complexity index is 466. The van der Waals surface area contributed by atoms with Crippen molar-refractivity contribution in [1.82, 2.24) is 0 Å². The Balaban J connectivity index is 2.13. The SMILES string of the molecule is O=C(Cc1cccc(F)c1F)C1=CCCCO1. The van der Waals surface area contributed by atoms with Gasteiger partial charge in [0.15, 0.2) is 17.4 Å². The van der Waals surface area contributed by atoms with Crippen molar-refractivity contribution in [3.63, 3.8) is 0 Å². The molecule has 1 aliphatic rings. The van der Waals surface area contributed by atoms with Gasteiger partial charge in [0.05, 0.1) is 6.61 Å². The van der Waals surface area contributed by atoms with Gasteiger partial charge in [0.1, 0.15) is 0 Å². The molecule has 0 spiro atoms. The first-order valence-electron chi connectivity index (χ1n) is 5.47. The van der Waals surface area contributed by atoms with Crippen molar-refractivity contribution < 1.29 is 18.3 Å². The molecule has 0 aromatic heterocycles. The lowest BCUT2D eigenvalue weighted by Gasteiger charge is -2.13. The second kappa shape index (κ2) is 5.08. The van der Waals surface area contributed by atoms with Crippen LogP contribution in [-0.4, -0.2) is 12.4 Å². The zero-order chi connectivity index (χ0) is 12.3. The molecule has 1 aromatic rings. The van der Waals surface area contributed by atoms with Crippen LogP contribution >= 0.6 is 0 Å². The van der Waals surface area contributed by atoms with Gasteiger partial charge in [0, 0.05) is 6.42 Å². The van der Waals surface area contributed by atoms with Crippen molar-refractivity contribution in [2.45, 2.75) is 19.3 Å². The summed E-state index contributed by atoms with van der Waals surface area (Å²) in [7, 11) is 0. The highest BCUT2D eigenvalue weighted by Gasteiger charge is 2.17. The van der Waals surface area contributed by atoms with Crippen molar-refractivity contribution >= 4 is 5.78 Å². The monoisotopic (exact) mass is 238 g/mol. The predicted molar refractivity (Wildman–Crippen MR) is 58.3 cm³/mol. The predicted octanol–water partition coefficient (Wildman–Crippen LogP) is 2.77. The largest absolute Gasteiger partial charge is 0.490 e. The van der Waals surface area contributed by atoms with Crippen molar-refractivity contribution in [3.05, 3.63) is 47.2 Å². The molecule has 2 rings (SSSR count). The number of halogens is 2. The number of ether oxygens (including phenoxy) is 1. The van der Waals surface area contributed by atoms with Gasteiger partial charge in [-0.15, -0.1) is 0 Å². The van der Waals surface area contributed by atoms with Crippen LogP contribution in [0.4, 0.5) is 8.78 Å². The third-order valence-corrected chi connectivity index (χ3v) is 2.59. The normalized spacial score (nSPS) is 15.1. The first-order chi connectivity index (χ1) is 8.18. The molecule has 0 bridgehead atoms. The summed E-state index contributed by atoms with van der Waals surface area (Å²) in [5, 5.41) is 0. The Morgan fingerprint density at radius 3 is 2.88 bits per heavy atom. The number of allylic oxidation sites excluding steroid dienone is 2. The minimum absolute atomic E-state index is 0.0603. The van der Waals surface area contributed by atoms with Crippen molar-refractivity contribution in [2.24, 2.45) is 0 Å². The molecule has 0 saturated carbocycles. The quantitative estimate of drug-likeness (QED) is 0.809. The fourth-order valence-electron chi connectivity index (χ4n) is 1.70. The van der Waals surface area contributed by atoms with Gasteiger partial charge in [-0.25, -0.2) is 8.78 Å². The first kappa shape index (κ1) is 11.8. The summed E-state index contributed by atoms with van der Waals surface area (Å²) in [5.41, 5.74) is 0.0603. The van der Waals surface area contributed by atoms with Gasteiger partial charge in [-0.3, -0.25) is 4.79 Å². The highest BCUT2D eigenvalue weighted by Crippen LogP contribution is 2.16. The summed E-state index contributed by atoms with van der Waals surface area (Å²) >= 11 is 0. The molecule has 1 heterocycles. The molecule has 0 saturated heterocycles. The number of ketones is 1. The average Bonchev–Trinajstić information content (AvgIpc) is 2.36. The van der Waals surface area contributed by atoms with Gasteiger partial charge < -0.3 is 4.74 Å². The van der Waals surface area contributed by atoms with Gasteiger partial charge in [-0.2, -0.15) is 0 Å². The zero-order valence-corrected chi connectivity index (χ0v) is 9.21. The third-order valence-electron chi connectivity index (χ3n) is 2.59. The van der Waals surface area contributed by atoms with E-state index in [2.05, 4.69) is 0 Å². The lowest BCUT2D eigenvalue weighted by Crippen LogP contribution is -2.14. The number of rotatable bonds is 3. The van der Waals surface area contributed by atoms with Crippen LogP contribution in [0.25, 0.3) is 0 Å². The van der Waals surface area contributed by atoms with E-state index in [4.69, 9.17) is 4.74 Å². The van der Waals surface area contributed by atoms with Gasteiger partial charge >= 0.3 is 0 Å². The van der Waals surface area contributed by atoms with Crippen LogP contribution in [0.3, 0.4) is 0 Å². The summed E-state index contributed by atoms with van der Waals surface area (Å²) in [6, 6.07) is 3.82. The Kier molecular flexibility index (Phi) is 3.52. The minimum atomic E-state index is -0.961. The number of hydrogen-bond acceptors (Lipinski definition) is 2. The molecule has 0 radical (unpaired) electrons. The molecule has 0 unspecified atom stereocenters. The molecular formula is C13H12F2O2. The molecule has 0 atom stereocenters. The second-order valence-corrected chi connectivity index (χ2v) is 3.87. The Morgan fingerprint density at radius 2 is 2.18 bits per heavy atom. The van der Waals surface area contributed by atoms with E-state index in [9.17, 15) is 13.6 Å². The second-order valence-electron chi connectivity index (χ2n) is 3.87. The van der Waals surface area contributed by atoms with Crippen LogP contribution in [0, 0.1) is 11.6 Å². The van der Waals surface area contributed by atoms with E-state index in [1.54, 1.807) is 6.08 Å². The fraction of sp³-hybridized carbons (Fsp3) is 0.308. The van der Waals surface area contributed by atoms with E-state index >= 15 is 0 Å². The molecule has 17 heavy (non-hydrogen) atoms. The summed E-state index contributed by atoms with van der Waals surface area (Å²) in [6.45, 7) is 0.503. The van der Waals surface area contributed by atoms with Crippen LogP contribution in [0.2, 0.25) is 0 Å². The van der Waals surface area contributed by atoms with Gasteiger partial charge in [-0.1, -0.05) is 12.1 Å². The van der Waals surface area contributed by atoms with Crippen LogP contribution in [0.5, 0.6) is 0 Å². The Morgan fingerprint density at radius 1 is 1.35 bits per heavy atom. The van der Waals surface area contributed by atoms with Crippen LogP contribution < -0.4 is 0 Å². The number of Topliss-reactive ketones (excluding diaryl/α,β-unsaturated/α-hetero) is 1. The topological polar surface area (TPSA) is 26.3 Å². The molecule has 2 nitrogen and oxygen atoms in total. The maximum Gasteiger partial charge on any atom is 0.201 e. The standard InChI is InChI=1S/C13H12F2O2/c14-10-5-3-4-9(13(10)15)8-11(16)12-6-1-2-7-17-12/h3-6H,1-2,7-8H2. The first-order valence-corrected chi connectivity index (χ1v) is 5.47. The summed E-state index contributed by atoms with van der Waals surface area (Å²) < 4.78 is 31.5. The lowest BCUT2D eigenvalue weighted by atomic mass is 10.1. The van der Waals surface area contributed by atoms with Crippen molar-refractivity contribution in [3.8, 4) is 0 Å². The van der Waals surface area contributed by atoms with Crippen LogP contribution in [0.15, 0.2) is 30.0 Å². The van der Waals surface area contributed by atoms with Crippen molar-refractivity contribution in [2.75, 3.05) is 6.61 Å². The molecule has 1 aromatic carbocycles. The lowest BCUT2D eigenvalue weighted by molar-refractivity contribution is -0.118. The number of hydrogen-bond donors (Lipinski definition) is 0. The number of benzene rings is 1. The molecule has 0 N–H and O–H groups in total. The smallest absolute Gasteiger partial charge is 0.201 e. The van der Waals surface area contributed by atoms with Gasteiger partial charge in [0.2, 0.25) is 5.78 Å². The van der Waals surface area contributed by atoms with E-state index in [0.717, 1.165) is 18.9 Å². The summed E-state index contributed by atoms with van der Waals surface area (Å²) in [6.07, 6.45) is 3.19. The van der Waals surface area contributed by atoms with Crippen molar-refractivity contribution in [1.29, 1.82) is 0 Å². The zero-order valence-electron chi connectivity index (χ0n) is 9.21. The minimum Gasteiger partial charge on any atom is -0.490 e. The van der Waals surface area contributed by atoms with E-state index in [1.807, 2.05) is 0 Å². The highest BCUT2D eigenvalue weighted by atomic mass is 19.2. The van der Waals surface area contributed by atoms with Gasteiger partial charge in [-0.05, 0) is 30.5 Å². The Hall–Kier alpha value is -1.71. The maximum atomic E-state index is 13.3. The average molecular weight is 238 g/mol. The molecule has 1 aliphatic heterocycles. The third kappa shape index (κ3) is 2.70. The molecule has 0 fully saturated rings. The summed E-state index contributed by atoms with van der Waals surface area (Å²) in [4.78, 5) is 11.7. The Labute approximate surface area is 97.9 Å². The fourth-order valence-corrected chi connectivity index (χ4v) is 1.70. The molecule has 0 aliphatic carbocycles. The highest BCUT2D eigenvalue weighted by molar-refractivity contribution is 5.95. The molecular weight excluding hydrogens is 226 g/mol. The molecule has 0 amide bonds. The summed E-state index contributed by atoms with van der Waals surface area (Å²) in [5.74, 6) is -1.94. The number of carbonyl (C=O) groups excluding carboxylic acids is 1. The van der Waals surface area contributed by atoms with E-state index in [-0.39, 0.29) is 23.5 Å². The maximum absolute atomic E-state index is 13.3. The van der Waals surface area contributed by atoms with E-state index in [0.29, 0.717) is 6.61 Å². The van der Waals surface area contributed by atoms with Crippen LogP contribution in [0.1, 0.15) is 18.4 Å². The molecule has 90 valence electrons. The van der Waals surface area contributed by atoms with Gasteiger partial charge in [0.25, 0.3) is 0 Å². The van der Waals surface area contributed by atoms with E-state index in [1.165, 1.54) is 12.1 Å². The molecule has 4 heteroatoms.